The van der Waals surface area contributed by atoms with Crippen LogP contribution in [-0.2, 0) is 11.5 Å². The van der Waals surface area contributed by atoms with Crippen LogP contribution in [0.1, 0.15) is 75.3 Å². The van der Waals surface area contributed by atoms with E-state index in [2.05, 4.69) is 34.9 Å². The van der Waals surface area contributed by atoms with Gasteiger partial charge in [-0.25, -0.2) is 19.2 Å². The second kappa shape index (κ2) is 14.6. The van der Waals surface area contributed by atoms with Gasteiger partial charge in [-0.15, -0.1) is 0 Å². The van der Waals surface area contributed by atoms with Crippen molar-refractivity contribution in [3.8, 4) is 22.8 Å². The first kappa shape index (κ1) is 36.6. The third kappa shape index (κ3) is 8.54. The molecule has 0 aliphatic heterocycles. The Kier molecular flexibility index (Phi) is 10.9. The molecule has 2 aliphatic rings. The number of aromatic nitrogens is 3. The number of carbonyl (C=O) groups is 2. The molecule has 1 aromatic carbocycles. The van der Waals surface area contributed by atoms with E-state index < -0.39 is 25.5 Å². The summed E-state index contributed by atoms with van der Waals surface area (Å²) in [6.07, 6.45) is 5.28. The number of carbonyl (C=O) groups excluding carboxylic acids is 1. The van der Waals surface area contributed by atoms with Crippen molar-refractivity contribution in [1.29, 1.82) is 0 Å². The van der Waals surface area contributed by atoms with Crippen LogP contribution in [-0.4, -0.2) is 82.6 Å². The average molecular weight is 698 g/mol. The molecule has 0 atom stereocenters. The van der Waals surface area contributed by atoms with E-state index in [1.807, 2.05) is 32.3 Å². The molecule has 2 aromatic heterocycles. The topological polar surface area (TPSA) is 128 Å². The summed E-state index contributed by atoms with van der Waals surface area (Å²) in [4.78, 5) is 37.0. The predicted octanol–water partition coefficient (Wildman–Crippen LogP) is 7.48. The molecule has 2 aliphatic carbocycles. The fraction of sp³-hybridized carbons (Fsp3) is 0.611. The predicted molar refractivity (Wildman–Crippen MR) is 190 cm³/mol. The molecule has 0 bridgehead atoms. The standard InChI is InChI=1S/C36H52FN5O6Si/c1-22-30(34(43)40-24-11-13-25(14-12-24)42(35(44)45)36(2,3)4)32-33(41(22)21-47-15-16-49(6,7)8)31(38-20-39-32)26-17-29(46-5)27(37)18-28(26)48-19-23-9-10-23/h17-18,20,23-25H,9-16,19,21H2,1-8H3,(H,40,43)(H,44,45)/t24-,25-. The number of hydrogen-bond donors (Lipinski definition) is 2. The molecule has 2 saturated carbocycles. The maximum atomic E-state index is 15.0. The summed E-state index contributed by atoms with van der Waals surface area (Å²) in [5.41, 5.74) is 2.66. The van der Waals surface area contributed by atoms with Gasteiger partial charge in [0.25, 0.3) is 5.91 Å². The minimum Gasteiger partial charge on any atom is -0.494 e. The molecule has 49 heavy (non-hydrogen) atoms. The van der Waals surface area contributed by atoms with Crippen LogP contribution < -0.4 is 14.8 Å². The number of halogens is 1. The van der Waals surface area contributed by atoms with Crippen molar-refractivity contribution in [3.05, 3.63) is 35.5 Å². The van der Waals surface area contributed by atoms with Gasteiger partial charge < -0.3 is 34.1 Å². The van der Waals surface area contributed by atoms with Crippen LogP contribution in [0.3, 0.4) is 0 Å². The van der Waals surface area contributed by atoms with Gasteiger partial charge in [-0.3, -0.25) is 4.79 Å². The molecular weight excluding hydrogens is 646 g/mol. The zero-order chi connectivity index (χ0) is 35.7. The Labute approximate surface area is 289 Å². The Bertz CT molecular complexity index is 1670. The molecular formula is C36H52FN5O6Si. The van der Waals surface area contributed by atoms with Crippen molar-refractivity contribution in [2.45, 2.75) is 116 Å². The molecule has 2 heterocycles. The van der Waals surface area contributed by atoms with Crippen LogP contribution in [0.5, 0.6) is 11.5 Å². The number of methoxy groups -OCH3 is 1. The molecule has 13 heteroatoms. The van der Waals surface area contributed by atoms with E-state index in [1.165, 1.54) is 24.4 Å². The van der Waals surface area contributed by atoms with E-state index in [1.54, 1.807) is 6.07 Å². The Balaban J connectivity index is 1.50. The first-order valence-corrected chi connectivity index (χ1v) is 21.0. The van der Waals surface area contributed by atoms with E-state index in [4.69, 9.17) is 14.2 Å². The Morgan fingerprint density at radius 2 is 1.78 bits per heavy atom. The summed E-state index contributed by atoms with van der Waals surface area (Å²) in [5.74, 6) is 0.0591. The lowest BCUT2D eigenvalue weighted by molar-refractivity contribution is 0.0519. The normalized spacial score (nSPS) is 18.4. The molecule has 2 N–H and O–H groups in total. The largest absolute Gasteiger partial charge is 0.494 e. The minimum atomic E-state index is -1.35. The highest BCUT2D eigenvalue weighted by atomic mass is 28.3. The van der Waals surface area contributed by atoms with Gasteiger partial charge in [0.2, 0.25) is 0 Å². The van der Waals surface area contributed by atoms with Gasteiger partial charge in [0.05, 0.1) is 24.8 Å². The van der Waals surface area contributed by atoms with E-state index in [0.29, 0.717) is 84.1 Å². The summed E-state index contributed by atoms with van der Waals surface area (Å²) in [7, 11) is 0.0621. The Morgan fingerprint density at radius 1 is 1.08 bits per heavy atom. The van der Waals surface area contributed by atoms with E-state index >= 15 is 0 Å². The number of carboxylic acid groups (broad SMARTS) is 1. The van der Waals surface area contributed by atoms with Gasteiger partial charge in [-0.05, 0) is 84.2 Å². The van der Waals surface area contributed by atoms with E-state index in [0.717, 1.165) is 18.9 Å². The number of benzene rings is 1. The number of hydrogen-bond acceptors (Lipinski definition) is 7. The van der Waals surface area contributed by atoms with Crippen molar-refractivity contribution >= 4 is 31.1 Å². The summed E-state index contributed by atoms with van der Waals surface area (Å²) >= 11 is 0. The molecule has 0 radical (unpaired) electrons. The Hall–Kier alpha value is -3.71. The maximum Gasteiger partial charge on any atom is 0.407 e. The third-order valence-electron chi connectivity index (χ3n) is 9.55. The van der Waals surface area contributed by atoms with Gasteiger partial charge in [0.15, 0.2) is 11.6 Å². The highest BCUT2D eigenvalue weighted by Crippen LogP contribution is 2.41. The third-order valence-corrected chi connectivity index (χ3v) is 11.3. The maximum absolute atomic E-state index is 15.0. The van der Waals surface area contributed by atoms with Crippen molar-refractivity contribution in [3.63, 3.8) is 0 Å². The van der Waals surface area contributed by atoms with E-state index in [-0.39, 0.29) is 30.5 Å². The lowest BCUT2D eigenvalue weighted by Crippen LogP contribution is -2.53. The number of amides is 2. The zero-order valence-corrected chi connectivity index (χ0v) is 31.2. The lowest BCUT2D eigenvalue weighted by atomic mass is 9.88. The molecule has 11 nitrogen and oxygen atoms in total. The van der Waals surface area contributed by atoms with Crippen LogP contribution in [0.15, 0.2) is 18.5 Å². The number of ether oxygens (including phenoxy) is 3. The number of nitrogens with zero attached hydrogens (tertiary/aromatic N) is 4. The number of rotatable bonds is 13. The van der Waals surface area contributed by atoms with Crippen molar-refractivity contribution in [2.24, 2.45) is 5.92 Å². The smallest absolute Gasteiger partial charge is 0.407 e. The highest BCUT2D eigenvalue weighted by Gasteiger charge is 2.36. The fourth-order valence-electron chi connectivity index (χ4n) is 6.67. The number of nitrogens with one attached hydrogen (secondary N) is 1. The number of fused-ring (bicyclic) bond motifs is 1. The van der Waals surface area contributed by atoms with Crippen molar-refractivity contribution < 1.29 is 33.3 Å². The Morgan fingerprint density at radius 3 is 2.37 bits per heavy atom. The molecule has 3 aromatic rings. The lowest BCUT2D eigenvalue weighted by Gasteiger charge is -2.42. The van der Waals surface area contributed by atoms with Gasteiger partial charge in [-0.1, -0.05) is 19.6 Å². The quantitative estimate of drug-likeness (QED) is 0.139. The first-order valence-electron chi connectivity index (χ1n) is 17.3. The minimum absolute atomic E-state index is 0.0586. The van der Waals surface area contributed by atoms with Crippen LogP contribution >= 0.6 is 0 Å². The molecule has 5 rings (SSSR count). The zero-order valence-electron chi connectivity index (χ0n) is 30.2. The second-order valence-corrected chi connectivity index (χ2v) is 21.3. The average Bonchev–Trinajstić information content (AvgIpc) is 3.80. The van der Waals surface area contributed by atoms with Crippen LogP contribution in [0.4, 0.5) is 9.18 Å². The first-order chi connectivity index (χ1) is 23.1. The summed E-state index contributed by atoms with van der Waals surface area (Å²) in [6.45, 7) is 15.7. The van der Waals surface area contributed by atoms with Crippen molar-refractivity contribution in [2.75, 3.05) is 20.3 Å². The molecule has 2 fully saturated rings. The molecule has 0 saturated heterocycles. The van der Waals surface area contributed by atoms with Gasteiger partial charge >= 0.3 is 6.09 Å². The SMILES string of the molecule is COc1cc(-c2ncnc3c(C(=O)N[C@H]4CC[C@H](N(C(=O)O)C(C)(C)C)CC4)c(C)n(COCC[Si](C)(C)C)c23)c(OCC2CC2)cc1F. The molecule has 0 spiro atoms. The van der Waals surface area contributed by atoms with Crippen LogP contribution in [0.2, 0.25) is 25.7 Å². The molecule has 268 valence electrons. The van der Waals surface area contributed by atoms with Crippen LogP contribution in [0.25, 0.3) is 22.3 Å². The van der Waals surface area contributed by atoms with Crippen LogP contribution in [0, 0.1) is 18.7 Å². The van der Waals surface area contributed by atoms with Gasteiger partial charge in [-0.2, -0.15) is 0 Å². The monoisotopic (exact) mass is 697 g/mol. The van der Waals surface area contributed by atoms with E-state index in [9.17, 15) is 19.1 Å². The summed E-state index contributed by atoms with van der Waals surface area (Å²) in [6, 6.07) is 3.68. The van der Waals surface area contributed by atoms with Crippen molar-refractivity contribution in [1.82, 2.24) is 24.8 Å². The van der Waals surface area contributed by atoms with Gasteiger partial charge in [0.1, 0.15) is 30.0 Å². The highest BCUT2D eigenvalue weighted by molar-refractivity contribution is 6.76. The molecule has 2 amide bonds. The summed E-state index contributed by atoms with van der Waals surface area (Å²) < 4.78 is 34.7. The fourth-order valence-corrected chi connectivity index (χ4v) is 7.43. The molecule has 0 unspecified atom stereocenters. The summed E-state index contributed by atoms with van der Waals surface area (Å²) in [5, 5.41) is 13.1. The van der Waals surface area contributed by atoms with Gasteiger partial charge in [0, 0.05) is 49.6 Å². The second-order valence-electron chi connectivity index (χ2n) is 15.7.